The number of anilines is 2. The van der Waals surface area contributed by atoms with E-state index < -0.39 is 107 Å². The predicted octanol–water partition coefficient (Wildman–Crippen LogP) is -0.143. The van der Waals surface area contributed by atoms with E-state index in [1.165, 1.54) is 48.5 Å². The molecule has 0 bridgehead atoms. The standard InChI is InChI=1S/C96H70N2O20S4.7Na/c1-51(2)63-33-21-34-64(52(3)4)91(63)97-93(99)71-47-79(115-75-37-17-15-31-67(75)55-23-11-9-12-24-55)85-86-80(116-76-38-18-16-32-68(76)56-25-13-10-14-26-56)48-72-84-74(96(102)98(94(72)100)92-65(53(5)6)35-22-36-66(92)54(7)8)50-82(118-78-42-40-62(122(112,113)114)46-70(78)58-28-20-30-60(44-58)120(106,107)108)88(90(84)86)87-81(49-73(95(97)101)83(71)89(85)87)117-77-41-39-61(121(109,110)111)45-69(77)57-27-19-29-59(43-57)119(103,104)105;;;;;;;/h9-11,13,17-54H,1-8H3,(H,103,104,105)(H,106,107,108)(H,109,110,111)(H,112,113,114);;;;;;;/q-4;7*+1/p-3. The molecule has 0 saturated carbocycles. The quantitative estimate of drug-likeness (QED) is 0.0230. The van der Waals surface area contributed by atoms with Gasteiger partial charge in [-0.05, 0) is 142 Å². The van der Waals surface area contributed by atoms with E-state index in [0.717, 1.165) is 70.5 Å². The van der Waals surface area contributed by atoms with E-state index in [-0.39, 0.29) is 353 Å². The van der Waals surface area contributed by atoms with Gasteiger partial charge >= 0.3 is 207 Å². The van der Waals surface area contributed by atoms with Gasteiger partial charge in [0.1, 0.15) is 64.9 Å². The minimum atomic E-state index is -5.43. The minimum absolute atomic E-state index is 0. The summed E-state index contributed by atoms with van der Waals surface area (Å²) in [4.78, 5) is 67.2. The topological polar surface area (TPSA) is 338 Å². The number of benzene rings is 15. The van der Waals surface area contributed by atoms with Crippen LogP contribution in [-0.2, 0) is 40.5 Å². The molecule has 2 aliphatic rings. The van der Waals surface area contributed by atoms with Crippen molar-refractivity contribution >= 4 is 119 Å². The van der Waals surface area contributed by atoms with E-state index in [2.05, 4.69) is 24.3 Å². The number of amides is 4. The van der Waals surface area contributed by atoms with Gasteiger partial charge < -0.3 is 32.6 Å². The van der Waals surface area contributed by atoms with Crippen LogP contribution in [0.4, 0.5) is 11.4 Å². The van der Waals surface area contributed by atoms with E-state index in [1.54, 1.807) is 109 Å². The maximum atomic E-state index is 17.1. The summed E-state index contributed by atoms with van der Waals surface area (Å²) in [5, 5.41) is -0.900. The summed E-state index contributed by atoms with van der Waals surface area (Å²) in [6, 6.07) is 67.5. The first kappa shape index (κ1) is 105. The van der Waals surface area contributed by atoms with Crippen LogP contribution in [0.5, 0.6) is 46.0 Å². The monoisotopic (exact) mass is 1860 g/mol. The van der Waals surface area contributed by atoms with Gasteiger partial charge in [0, 0.05) is 65.7 Å². The molecule has 612 valence electrons. The molecule has 0 aliphatic carbocycles. The molecule has 2 heterocycles. The summed E-state index contributed by atoms with van der Waals surface area (Å²) < 4.78 is 186. The Morgan fingerprint density at radius 3 is 0.853 bits per heavy atom. The summed E-state index contributed by atoms with van der Waals surface area (Å²) in [7, 11) is -21.2. The number of ether oxygens (including phenoxy) is 4. The van der Waals surface area contributed by atoms with Gasteiger partial charge in [-0.1, -0.05) is 116 Å². The van der Waals surface area contributed by atoms with Gasteiger partial charge in [0.25, 0.3) is 33.7 Å². The van der Waals surface area contributed by atoms with Crippen molar-refractivity contribution in [3.8, 4) is 90.5 Å². The summed E-state index contributed by atoms with van der Waals surface area (Å²) in [5.74, 6) is -6.77. The maximum Gasteiger partial charge on any atom is 1.00 e. The van der Waals surface area contributed by atoms with Crippen molar-refractivity contribution in [2.24, 2.45) is 0 Å². The number of carbonyl (C=O) groups excluding carboxylic acids is 4. The number of fused-ring (bicyclic) bond motifs is 2. The number of rotatable bonds is 22. The van der Waals surface area contributed by atoms with Crippen molar-refractivity contribution < 1.29 is 297 Å². The van der Waals surface area contributed by atoms with E-state index in [4.69, 9.17) is 18.9 Å². The molecule has 0 aromatic heterocycles. The van der Waals surface area contributed by atoms with Gasteiger partial charge in [-0.3, -0.25) is 23.7 Å². The van der Waals surface area contributed by atoms with Crippen LogP contribution in [0.15, 0.2) is 250 Å². The molecular weight excluding hydrogens is 1790 g/mol. The second-order valence-corrected chi connectivity index (χ2v) is 36.4. The molecule has 15 aromatic carbocycles. The molecule has 4 amide bonds. The second-order valence-electron chi connectivity index (χ2n) is 30.8. The van der Waals surface area contributed by atoms with Gasteiger partial charge in [-0.25, -0.2) is 35.1 Å². The molecule has 2 aliphatic heterocycles. The number of para-hydroxylation sites is 2. The fourth-order valence-electron chi connectivity index (χ4n) is 16.4. The van der Waals surface area contributed by atoms with Crippen molar-refractivity contribution in [2.75, 3.05) is 9.80 Å². The Balaban J connectivity index is 0.00000247. The fourth-order valence-corrected chi connectivity index (χ4v) is 18.5. The molecule has 17 rings (SSSR count). The van der Waals surface area contributed by atoms with Crippen LogP contribution < -0.4 is 236 Å². The van der Waals surface area contributed by atoms with Crippen molar-refractivity contribution in [1.29, 1.82) is 0 Å². The molecule has 0 unspecified atom stereocenters. The number of hydrogen-bond donors (Lipinski definition) is 1. The zero-order valence-electron chi connectivity index (χ0n) is 73.0. The van der Waals surface area contributed by atoms with Crippen LogP contribution in [0.1, 0.15) is 143 Å². The number of hydrogen-bond acceptors (Lipinski definition) is 19. The predicted molar refractivity (Wildman–Crippen MR) is 456 cm³/mol. The number of carbonyl (C=O) groups is 4. The van der Waals surface area contributed by atoms with Gasteiger partial charge in [0.05, 0.1) is 53.2 Å². The molecule has 0 spiro atoms. The Hall–Kier alpha value is -6.28. The second kappa shape index (κ2) is 41.1. The molecule has 129 heavy (non-hydrogen) atoms. The van der Waals surface area contributed by atoms with Crippen LogP contribution in [0.2, 0.25) is 0 Å². The first-order valence-electron chi connectivity index (χ1n) is 38.4. The largest absolute Gasteiger partial charge is 1.00 e. The Bertz CT molecular complexity index is 7040. The van der Waals surface area contributed by atoms with Crippen molar-refractivity contribution in [2.45, 2.75) is 98.6 Å². The first-order chi connectivity index (χ1) is 58.0. The first-order valence-corrected chi connectivity index (χ1v) is 44.1. The Labute approximate surface area is 901 Å². The molecule has 0 atom stereocenters. The molecule has 0 fully saturated rings. The molecule has 0 saturated heterocycles. The van der Waals surface area contributed by atoms with E-state index >= 15 is 19.2 Å². The summed E-state index contributed by atoms with van der Waals surface area (Å²) in [6.45, 7) is 15.2. The number of imide groups is 2. The average Bonchev–Trinajstić information content (AvgIpc) is 0.667. The third-order valence-electron chi connectivity index (χ3n) is 22.0. The average molecular weight is 1860 g/mol. The Morgan fingerprint density at radius 1 is 0.279 bits per heavy atom. The van der Waals surface area contributed by atoms with Gasteiger partial charge in [-0.15, -0.1) is 23.3 Å². The fraction of sp³-hybridized carbons (Fsp3) is 0.125. The molecule has 1 N–H and O–H groups in total. The normalized spacial score (nSPS) is 12.6. The van der Waals surface area contributed by atoms with Crippen molar-refractivity contribution in [3.05, 3.63) is 299 Å². The van der Waals surface area contributed by atoms with Crippen LogP contribution in [-0.4, -0.2) is 75.5 Å². The zero-order chi connectivity index (χ0) is 86.2. The van der Waals surface area contributed by atoms with Crippen LogP contribution >= 0.6 is 0 Å². The van der Waals surface area contributed by atoms with Crippen LogP contribution in [0.3, 0.4) is 0 Å². The van der Waals surface area contributed by atoms with E-state index in [9.17, 15) is 51.9 Å². The van der Waals surface area contributed by atoms with Crippen LogP contribution in [0.25, 0.3) is 87.6 Å². The van der Waals surface area contributed by atoms with Crippen LogP contribution in [0, 0.1) is 24.3 Å². The Kier molecular flexibility index (Phi) is 33.4. The van der Waals surface area contributed by atoms with E-state index in [1.807, 2.05) is 67.5 Å². The molecule has 15 aromatic rings. The SMILES string of the molecule is CC(C)c1cccc(C(C)C)c1N1C(=O)c2cc(Oc3cc[c-]cc3-c3c[c-]ccc3)c3c4c(Oc5cc[c-]cc5-c5c[c-]ccc5)cc5c6c(cc(Oc7ccc(S(=O)(=O)[O-])cc7-c7cccc(S(=O)(=O)O)c7)c(c7c(Oc8ccc(S(=O)(=O)[O-])cc8-c8cccc(S(=O)(=O)[O-])c8)cc(c2c37)C1=O)c64)C(=O)N(c1c(C(C)C)cccc1C(C)C)C5=O.[Na+].[Na+].[Na+].[Na+].[Na+].[Na+].[Na+]. The summed E-state index contributed by atoms with van der Waals surface area (Å²) in [5.41, 5.74) is 2.87. The van der Waals surface area contributed by atoms with Crippen molar-refractivity contribution in [1.82, 2.24) is 0 Å². The third-order valence-corrected chi connectivity index (χ3v) is 25.3. The van der Waals surface area contributed by atoms with Gasteiger partial charge in [0.15, 0.2) is 0 Å². The molecular formula is C96H67N2Na7O20S4. The van der Waals surface area contributed by atoms with Crippen molar-refractivity contribution in [3.63, 3.8) is 0 Å². The maximum absolute atomic E-state index is 17.1. The third kappa shape index (κ3) is 19.7. The Morgan fingerprint density at radius 2 is 0.558 bits per heavy atom. The molecule has 22 nitrogen and oxygen atoms in total. The van der Waals surface area contributed by atoms with Gasteiger partial charge in [-0.2, -0.15) is 117 Å². The number of nitrogens with zero attached hydrogens (tertiary/aromatic N) is 2. The minimum Gasteiger partial charge on any atom is -0.744 e. The van der Waals surface area contributed by atoms with Gasteiger partial charge in [0.2, 0.25) is 0 Å². The smallest absolute Gasteiger partial charge is 0.744 e. The van der Waals surface area contributed by atoms with E-state index in [0.29, 0.717) is 44.5 Å². The zero-order valence-corrected chi connectivity index (χ0v) is 90.2. The molecule has 33 heteroatoms. The summed E-state index contributed by atoms with van der Waals surface area (Å²) >= 11 is 0. The summed E-state index contributed by atoms with van der Waals surface area (Å²) in [6.07, 6.45) is 0. The molecule has 0 radical (unpaired) electrons.